The van der Waals surface area contributed by atoms with Crippen molar-refractivity contribution in [1.29, 1.82) is 0 Å². The van der Waals surface area contributed by atoms with Gasteiger partial charge >= 0.3 is 0 Å². The van der Waals surface area contributed by atoms with Crippen molar-refractivity contribution in [2.24, 2.45) is 0 Å². The highest BCUT2D eigenvalue weighted by Crippen LogP contribution is 2.13. The Morgan fingerprint density at radius 2 is 2.15 bits per heavy atom. The van der Waals surface area contributed by atoms with Gasteiger partial charge in [-0.15, -0.1) is 0 Å². The molecule has 66 valence electrons. The van der Waals surface area contributed by atoms with Gasteiger partial charge in [-0.1, -0.05) is 0 Å². The summed E-state index contributed by atoms with van der Waals surface area (Å²) < 4.78 is 3.85. The zero-order valence-electron chi connectivity index (χ0n) is 6.48. The number of nitrogens with zero attached hydrogens (tertiary/aromatic N) is 3. The summed E-state index contributed by atoms with van der Waals surface area (Å²) in [6, 6.07) is 1.97. The standard InChI is InChI=1S/C8H5BrIN3/c9-6-1-8(4-11-2-6)13-5-7(10)3-12-13/h1-5H. The average molecular weight is 350 g/mol. The van der Waals surface area contributed by atoms with Crippen LogP contribution in [0.2, 0.25) is 0 Å². The van der Waals surface area contributed by atoms with Crippen molar-refractivity contribution in [2.45, 2.75) is 0 Å². The molecule has 0 fully saturated rings. The maximum absolute atomic E-state index is 4.18. The first-order valence-electron chi connectivity index (χ1n) is 3.57. The number of hydrogen-bond donors (Lipinski definition) is 0. The highest BCUT2D eigenvalue weighted by atomic mass is 127. The van der Waals surface area contributed by atoms with Gasteiger partial charge in [-0.2, -0.15) is 5.10 Å². The van der Waals surface area contributed by atoms with Crippen LogP contribution in [0.1, 0.15) is 0 Å². The molecule has 0 saturated carbocycles. The minimum Gasteiger partial charge on any atom is -0.261 e. The van der Waals surface area contributed by atoms with Crippen LogP contribution in [0.25, 0.3) is 5.69 Å². The SMILES string of the molecule is Brc1cncc(-n2cc(I)cn2)c1. The van der Waals surface area contributed by atoms with Gasteiger partial charge in [0.1, 0.15) is 0 Å². The molecule has 13 heavy (non-hydrogen) atoms. The van der Waals surface area contributed by atoms with Gasteiger partial charge in [-0.05, 0) is 44.6 Å². The molecule has 0 aromatic carbocycles. The molecule has 3 nitrogen and oxygen atoms in total. The van der Waals surface area contributed by atoms with E-state index < -0.39 is 0 Å². The molecular formula is C8H5BrIN3. The van der Waals surface area contributed by atoms with Crippen molar-refractivity contribution in [3.8, 4) is 5.69 Å². The molecule has 0 bridgehead atoms. The molecular weight excluding hydrogens is 345 g/mol. The van der Waals surface area contributed by atoms with Crippen molar-refractivity contribution < 1.29 is 0 Å². The quantitative estimate of drug-likeness (QED) is 0.741. The molecule has 0 aliphatic carbocycles. The van der Waals surface area contributed by atoms with Gasteiger partial charge in [0.2, 0.25) is 0 Å². The third-order valence-electron chi connectivity index (χ3n) is 1.51. The van der Waals surface area contributed by atoms with Gasteiger partial charge in [0.15, 0.2) is 0 Å². The Morgan fingerprint density at radius 3 is 2.77 bits per heavy atom. The Hall–Kier alpha value is -0.430. The molecule has 2 rings (SSSR count). The van der Waals surface area contributed by atoms with E-state index in [4.69, 9.17) is 0 Å². The summed E-state index contributed by atoms with van der Waals surface area (Å²) in [6.45, 7) is 0. The van der Waals surface area contributed by atoms with E-state index in [0.29, 0.717) is 0 Å². The molecule has 5 heteroatoms. The fraction of sp³-hybridized carbons (Fsp3) is 0. The van der Waals surface area contributed by atoms with Crippen LogP contribution in [-0.2, 0) is 0 Å². The number of hydrogen-bond acceptors (Lipinski definition) is 2. The summed E-state index contributed by atoms with van der Waals surface area (Å²) in [4.78, 5) is 4.06. The van der Waals surface area contributed by atoms with Crippen LogP contribution in [-0.4, -0.2) is 14.8 Å². The van der Waals surface area contributed by atoms with Gasteiger partial charge in [-0.3, -0.25) is 4.98 Å². The Morgan fingerprint density at radius 1 is 1.31 bits per heavy atom. The van der Waals surface area contributed by atoms with Gasteiger partial charge in [0, 0.05) is 16.9 Å². The predicted molar refractivity (Wildman–Crippen MR) is 61.8 cm³/mol. The van der Waals surface area contributed by atoms with Crippen LogP contribution in [0.3, 0.4) is 0 Å². The molecule has 0 spiro atoms. The molecule has 0 atom stereocenters. The third kappa shape index (κ3) is 2.08. The number of halogens is 2. The largest absolute Gasteiger partial charge is 0.261 e. The summed E-state index contributed by atoms with van der Waals surface area (Å²) in [5.41, 5.74) is 0.956. The van der Waals surface area contributed by atoms with Gasteiger partial charge in [0.25, 0.3) is 0 Å². The first-order valence-corrected chi connectivity index (χ1v) is 5.44. The Kier molecular flexibility index (Phi) is 2.63. The molecule has 2 heterocycles. The van der Waals surface area contributed by atoms with Crippen molar-refractivity contribution in [3.05, 3.63) is 38.9 Å². The van der Waals surface area contributed by atoms with Crippen molar-refractivity contribution in [2.75, 3.05) is 0 Å². The second-order valence-electron chi connectivity index (χ2n) is 2.46. The summed E-state index contributed by atoms with van der Waals surface area (Å²) in [7, 11) is 0. The third-order valence-corrected chi connectivity index (χ3v) is 2.50. The van der Waals surface area contributed by atoms with Gasteiger partial charge < -0.3 is 0 Å². The lowest BCUT2D eigenvalue weighted by atomic mass is 10.4. The Balaban J connectivity index is 2.46. The van der Waals surface area contributed by atoms with Crippen molar-refractivity contribution in [3.63, 3.8) is 0 Å². The highest BCUT2D eigenvalue weighted by molar-refractivity contribution is 14.1. The van der Waals surface area contributed by atoms with Crippen LogP contribution in [0.15, 0.2) is 35.3 Å². The summed E-state index contributed by atoms with van der Waals surface area (Å²) in [6.07, 6.45) is 7.28. The highest BCUT2D eigenvalue weighted by Gasteiger charge is 1.99. The van der Waals surface area contributed by atoms with E-state index in [1.807, 2.05) is 18.5 Å². The minimum absolute atomic E-state index is 0.954. The Bertz CT molecular complexity index is 427. The van der Waals surface area contributed by atoms with E-state index in [0.717, 1.165) is 13.7 Å². The molecule has 0 amide bonds. The molecule has 0 saturated heterocycles. The minimum atomic E-state index is 0.954. The number of rotatable bonds is 1. The van der Waals surface area contributed by atoms with Crippen LogP contribution in [0, 0.1) is 3.57 Å². The van der Waals surface area contributed by atoms with E-state index in [2.05, 4.69) is 48.6 Å². The lowest BCUT2D eigenvalue weighted by molar-refractivity contribution is 0.872. The lowest BCUT2D eigenvalue weighted by Gasteiger charge is -1.99. The van der Waals surface area contributed by atoms with Crippen LogP contribution >= 0.6 is 38.5 Å². The van der Waals surface area contributed by atoms with E-state index in [1.54, 1.807) is 17.1 Å². The Labute approximate surface area is 97.4 Å². The zero-order chi connectivity index (χ0) is 9.26. The predicted octanol–water partition coefficient (Wildman–Crippen LogP) is 2.63. The first-order chi connectivity index (χ1) is 6.25. The lowest BCUT2D eigenvalue weighted by Crippen LogP contribution is -1.94. The van der Waals surface area contributed by atoms with Crippen LogP contribution in [0.4, 0.5) is 0 Å². The maximum Gasteiger partial charge on any atom is 0.0840 e. The fourth-order valence-corrected chi connectivity index (χ4v) is 1.71. The van der Waals surface area contributed by atoms with E-state index in [1.165, 1.54) is 0 Å². The summed E-state index contributed by atoms with van der Waals surface area (Å²) in [5.74, 6) is 0. The zero-order valence-corrected chi connectivity index (χ0v) is 10.2. The van der Waals surface area contributed by atoms with Gasteiger partial charge in [0.05, 0.1) is 21.7 Å². The molecule has 0 unspecified atom stereocenters. The van der Waals surface area contributed by atoms with Crippen LogP contribution in [0.5, 0.6) is 0 Å². The summed E-state index contributed by atoms with van der Waals surface area (Å²) in [5, 5.41) is 4.18. The second kappa shape index (κ2) is 3.75. The molecule has 2 aromatic heterocycles. The van der Waals surface area contributed by atoms with E-state index in [-0.39, 0.29) is 0 Å². The normalized spacial score (nSPS) is 10.3. The smallest absolute Gasteiger partial charge is 0.0840 e. The van der Waals surface area contributed by atoms with E-state index >= 15 is 0 Å². The van der Waals surface area contributed by atoms with Crippen molar-refractivity contribution in [1.82, 2.24) is 14.8 Å². The molecule has 0 radical (unpaired) electrons. The maximum atomic E-state index is 4.18. The topological polar surface area (TPSA) is 30.7 Å². The van der Waals surface area contributed by atoms with Crippen molar-refractivity contribution >= 4 is 38.5 Å². The number of pyridine rings is 1. The second-order valence-corrected chi connectivity index (χ2v) is 4.63. The van der Waals surface area contributed by atoms with E-state index in [9.17, 15) is 0 Å². The monoisotopic (exact) mass is 349 g/mol. The molecule has 0 aliphatic heterocycles. The summed E-state index contributed by atoms with van der Waals surface area (Å²) >= 11 is 5.58. The van der Waals surface area contributed by atoms with Gasteiger partial charge in [-0.25, -0.2) is 4.68 Å². The molecule has 0 N–H and O–H groups in total. The first kappa shape index (κ1) is 9.14. The van der Waals surface area contributed by atoms with Crippen LogP contribution < -0.4 is 0 Å². The molecule has 0 aliphatic rings. The fourth-order valence-electron chi connectivity index (χ4n) is 0.968. The molecule has 2 aromatic rings. The average Bonchev–Trinajstić information content (AvgIpc) is 2.52. The number of aromatic nitrogens is 3.